The first-order valence-corrected chi connectivity index (χ1v) is 31.1. The van der Waals surface area contributed by atoms with Gasteiger partial charge in [0.25, 0.3) is 0 Å². The van der Waals surface area contributed by atoms with Gasteiger partial charge in [0.15, 0.2) is 6.29 Å². The van der Waals surface area contributed by atoms with Crippen molar-refractivity contribution in [2.45, 2.75) is 320 Å². The SMILES string of the molecule is CC/C=C\C/C=C\C/C=C\C/C=C\C/C=C\C/C=C\CCCCCCCCCCC(=O)NC(COC1OC(CO)C(O)C(O)C1O)C(O)CCCCCCCCCCCCCCCCCCCCCCCCCC. The summed E-state index contributed by atoms with van der Waals surface area (Å²) in [5.41, 5.74) is 0. The number of unbranched alkanes of at least 4 members (excludes halogenated alkanes) is 31. The van der Waals surface area contributed by atoms with Crippen LogP contribution in [0.3, 0.4) is 0 Å². The maximum Gasteiger partial charge on any atom is 0.220 e. The van der Waals surface area contributed by atoms with Gasteiger partial charge in [-0.1, -0.05) is 279 Å². The van der Waals surface area contributed by atoms with Crippen LogP contribution < -0.4 is 5.32 Å². The maximum absolute atomic E-state index is 13.1. The number of amides is 1. The van der Waals surface area contributed by atoms with Gasteiger partial charge in [-0.3, -0.25) is 4.79 Å². The number of hydrogen-bond donors (Lipinski definition) is 6. The number of nitrogens with one attached hydrogen (secondary N) is 1. The highest BCUT2D eigenvalue weighted by molar-refractivity contribution is 5.76. The van der Waals surface area contributed by atoms with Crippen LogP contribution in [0.25, 0.3) is 0 Å². The van der Waals surface area contributed by atoms with Crippen LogP contribution in [0.4, 0.5) is 0 Å². The topological polar surface area (TPSA) is 149 Å². The number of carbonyl (C=O) groups excluding carboxylic acids is 1. The van der Waals surface area contributed by atoms with E-state index in [1.54, 1.807) is 0 Å². The summed E-state index contributed by atoms with van der Waals surface area (Å²) in [6.07, 6.45) is 67.9. The Bertz CT molecular complexity index is 1390. The molecule has 1 aliphatic rings. The normalized spacial score (nSPS) is 19.5. The lowest BCUT2D eigenvalue weighted by Crippen LogP contribution is -2.60. The zero-order valence-corrected chi connectivity index (χ0v) is 47.8. The van der Waals surface area contributed by atoms with Crippen LogP contribution in [0.15, 0.2) is 72.9 Å². The molecule has 0 bridgehead atoms. The van der Waals surface area contributed by atoms with Crippen molar-refractivity contribution in [2.75, 3.05) is 13.2 Å². The van der Waals surface area contributed by atoms with Crippen molar-refractivity contribution in [3.05, 3.63) is 72.9 Å². The molecule has 0 aliphatic carbocycles. The van der Waals surface area contributed by atoms with E-state index >= 15 is 0 Å². The molecule has 1 fully saturated rings. The Morgan fingerprint density at radius 3 is 1.24 bits per heavy atom. The molecule has 0 aromatic rings. The van der Waals surface area contributed by atoms with E-state index in [4.69, 9.17) is 9.47 Å². The van der Waals surface area contributed by atoms with Gasteiger partial charge in [-0.05, 0) is 64.2 Å². The molecule has 7 atom stereocenters. The van der Waals surface area contributed by atoms with Gasteiger partial charge in [0, 0.05) is 6.42 Å². The van der Waals surface area contributed by atoms with Gasteiger partial charge in [-0.2, -0.15) is 0 Å². The molecule has 1 rings (SSSR count). The van der Waals surface area contributed by atoms with Gasteiger partial charge in [-0.15, -0.1) is 0 Å². The molecule has 0 aromatic heterocycles. The smallest absolute Gasteiger partial charge is 0.220 e. The average molecular weight is 1040 g/mol. The van der Waals surface area contributed by atoms with Gasteiger partial charge < -0.3 is 40.3 Å². The fourth-order valence-electron chi connectivity index (χ4n) is 9.70. The molecule has 74 heavy (non-hydrogen) atoms. The molecule has 0 spiro atoms. The van der Waals surface area contributed by atoms with E-state index in [2.05, 4.69) is 92.1 Å². The molecule has 6 N–H and O–H groups in total. The summed E-state index contributed by atoms with van der Waals surface area (Å²) in [7, 11) is 0. The molecule has 9 heteroatoms. The third kappa shape index (κ3) is 42.7. The number of aliphatic hydroxyl groups is 5. The zero-order chi connectivity index (χ0) is 53.6. The molecule has 1 amide bonds. The van der Waals surface area contributed by atoms with E-state index in [1.165, 1.54) is 161 Å². The van der Waals surface area contributed by atoms with Crippen molar-refractivity contribution in [3.63, 3.8) is 0 Å². The Hall–Kier alpha value is -2.37. The van der Waals surface area contributed by atoms with E-state index in [1.807, 2.05) is 0 Å². The minimum Gasteiger partial charge on any atom is -0.394 e. The zero-order valence-electron chi connectivity index (χ0n) is 47.8. The summed E-state index contributed by atoms with van der Waals surface area (Å²) in [6.45, 7) is 3.75. The molecule has 0 saturated carbocycles. The molecule has 9 nitrogen and oxygen atoms in total. The first-order valence-electron chi connectivity index (χ1n) is 31.1. The second kappa shape index (κ2) is 54.0. The van der Waals surface area contributed by atoms with Crippen molar-refractivity contribution in [2.24, 2.45) is 0 Å². The second-order valence-corrected chi connectivity index (χ2v) is 21.5. The highest BCUT2D eigenvalue weighted by Crippen LogP contribution is 2.23. The van der Waals surface area contributed by atoms with Crippen molar-refractivity contribution in [1.29, 1.82) is 0 Å². The number of carbonyl (C=O) groups is 1. The summed E-state index contributed by atoms with van der Waals surface area (Å²) in [5, 5.41) is 54.8. The lowest BCUT2D eigenvalue weighted by molar-refractivity contribution is -0.302. The second-order valence-electron chi connectivity index (χ2n) is 21.5. The summed E-state index contributed by atoms with van der Waals surface area (Å²) in [4.78, 5) is 13.1. The van der Waals surface area contributed by atoms with Gasteiger partial charge in [-0.25, -0.2) is 0 Å². The van der Waals surface area contributed by atoms with Crippen LogP contribution >= 0.6 is 0 Å². The lowest BCUT2D eigenvalue weighted by Gasteiger charge is -2.40. The highest BCUT2D eigenvalue weighted by atomic mass is 16.7. The van der Waals surface area contributed by atoms with Crippen LogP contribution in [0.1, 0.15) is 277 Å². The molecule has 7 unspecified atom stereocenters. The van der Waals surface area contributed by atoms with Crippen molar-refractivity contribution in [3.8, 4) is 0 Å². The fourth-order valence-corrected chi connectivity index (χ4v) is 9.70. The summed E-state index contributed by atoms with van der Waals surface area (Å²) < 4.78 is 11.3. The first kappa shape index (κ1) is 69.6. The number of allylic oxidation sites excluding steroid dienone is 12. The van der Waals surface area contributed by atoms with E-state index in [9.17, 15) is 30.3 Å². The molecular weight excluding hydrogens is 923 g/mol. The third-order valence-corrected chi connectivity index (χ3v) is 14.6. The minimum atomic E-state index is -1.56. The molecule has 1 aliphatic heterocycles. The Balaban J connectivity index is 2.20. The molecule has 430 valence electrons. The van der Waals surface area contributed by atoms with Crippen LogP contribution in [-0.2, 0) is 14.3 Å². The molecule has 1 saturated heterocycles. The number of aliphatic hydroxyl groups excluding tert-OH is 5. The number of ether oxygens (including phenoxy) is 2. The standard InChI is InChI=1S/C65H117NO8/c1-3-5-7-9-11-13-15-17-19-21-23-25-27-29-30-31-33-35-37-39-41-43-45-47-49-51-53-55-61(69)66-58(57-73-65-64(72)63(71)62(70)60(56-67)74-65)59(68)54-52-50-48-46-44-42-40-38-36-34-32-28-26-24-22-20-18-16-14-12-10-8-6-4-2/h5,7,11,13,17,19,23,25,29-30,33,35,58-60,62-65,67-68,70-72H,3-4,6,8-10,12,14-16,18,20-22,24,26-28,31-32,34,36-57H2,1-2H3,(H,66,69)/b7-5-,13-11-,19-17-,25-23-,30-29-,35-33-. The van der Waals surface area contributed by atoms with Crippen LogP contribution in [0, 0.1) is 0 Å². The minimum absolute atomic E-state index is 0.144. The Kier molecular flexibility index (Phi) is 50.8. The molecule has 0 aromatic carbocycles. The van der Waals surface area contributed by atoms with E-state index in [-0.39, 0.29) is 12.5 Å². The molecule has 1 heterocycles. The first-order chi connectivity index (χ1) is 36.3. The lowest BCUT2D eigenvalue weighted by atomic mass is 9.99. The Morgan fingerprint density at radius 2 is 0.838 bits per heavy atom. The fraction of sp³-hybridized carbons (Fsp3) is 0.800. The summed E-state index contributed by atoms with van der Waals surface area (Å²) in [6, 6.07) is -0.729. The largest absolute Gasteiger partial charge is 0.394 e. The van der Waals surface area contributed by atoms with E-state index in [0.717, 1.165) is 89.9 Å². The highest BCUT2D eigenvalue weighted by Gasteiger charge is 2.44. The van der Waals surface area contributed by atoms with Crippen molar-refractivity contribution in [1.82, 2.24) is 5.32 Å². The Labute approximate surface area is 455 Å². The van der Waals surface area contributed by atoms with Gasteiger partial charge in [0.1, 0.15) is 24.4 Å². The number of rotatable bonds is 53. The van der Waals surface area contributed by atoms with E-state index < -0.39 is 49.5 Å². The molecular formula is C65H117NO8. The maximum atomic E-state index is 13.1. The predicted molar refractivity (Wildman–Crippen MR) is 313 cm³/mol. The average Bonchev–Trinajstić information content (AvgIpc) is 3.40. The van der Waals surface area contributed by atoms with Crippen LogP contribution in [-0.4, -0.2) is 87.5 Å². The number of hydrogen-bond acceptors (Lipinski definition) is 8. The third-order valence-electron chi connectivity index (χ3n) is 14.6. The van der Waals surface area contributed by atoms with E-state index in [0.29, 0.717) is 12.8 Å². The van der Waals surface area contributed by atoms with Crippen LogP contribution in [0.5, 0.6) is 0 Å². The van der Waals surface area contributed by atoms with Gasteiger partial charge >= 0.3 is 0 Å². The quantitative estimate of drug-likeness (QED) is 0.0261. The van der Waals surface area contributed by atoms with Crippen molar-refractivity contribution >= 4 is 5.91 Å². The summed E-state index contributed by atoms with van der Waals surface area (Å²) >= 11 is 0. The van der Waals surface area contributed by atoms with Crippen LogP contribution in [0.2, 0.25) is 0 Å². The monoisotopic (exact) mass is 1040 g/mol. The van der Waals surface area contributed by atoms with Gasteiger partial charge in [0.2, 0.25) is 5.91 Å². The Morgan fingerprint density at radius 1 is 0.473 bits per heavy atom. The van der Waals surface area contributed by atoms with Crippen molar-refractivity contribution < 1.29 is 39.8 Å². The predicted octanol–water partition coefficient (Wildman–Crippen LogP) is 16.0. The summed E-state index contributed by atoms with van der Waals surface area (Å²) in [5.74, 6) is -0.152. The van der Waals surface area contributed by atoms with Gasteiger partial charge in [0.05, 0.1) is 25.4 Å². The molecule has 0 radical (unpaired) electrons.